The number of aliphatic hydroxyl groups excluding tert-OH is 4. The second-order valence-corrected chi connectivity index (χ2v) is 6.83. The fraction of sp³-hybridized carbons (Fsp3) is 0.882. The maximum atomic E-state index is 12.1. The lowest BCUT2D eigenvalue weighted by molar-refractivity contribution is -0.313. The minimum absolute atomic E-state index is 0.103. The molecule has 0 bridgehead atoms. The minimum atomic E-state index is -2.12. The van der Waals surface area contributed by atoms with E-state index in [-0.39, 0.29) is 6.42 Å². The molecule has 10 heteroatoms. The van der Waals surface area contributed by atoms with Gasteiger partial charge in [0.05, 0.1) is 24.2 Å². The molecule has 0 aliphatic carbocycles. The van der Waals surface area contributed by atoms with Gasteiger partial charge < -0.3 is 39.7 Å². The summed E-state index contributed by atoms with van der Waals surface area (Å²) in [4.78, 5) is 12.1. The van der Waals surface area contributed by atoms with Crippen molar-refractivity contribution >= 4 is 5.97 Å². The van der Waals surface area contributed by atoms with Crippen LogP contribution < -0.4 is 0 Å². The summed E-state index contributed by atoms with van der Waals surface area (Å²) in [5.74, 6) is -1.63. The lowest BCUT2D eigenvalue weighted by atomic mass is 9.95. The van der Waals surface area contributed by atoms with Crippen molar-refractivity contribution in [2.45, 2.75) is 82.6 Å². The van der Waals surface area contributed by atoms with Crippen LogP contribution in [0.3, 0.4) is 0 Å². The number of carbonyl (C=O) groups excluding carboxylic acids is 1. The number of esters is 1. The van der Waals surface area contributed by atoms with Crippen molar-refractivity contribution in [1.82, 2.24) is 0 Å². The lowest BCUT2D eigenvalue weighted by Crippen LogP contribution is -2.60. The fourth-order valence-corrected chi connectivity index (χ4v) is 2.49. The third-order valence-electron chi connectivity index (χ3n) is 4.89. The molecule has 1 heterocycles. The molecule has 0 amide bonds. The normalized spacial score (nSPS) is 34.0. The Morgan fingerprint density at radius 2 is 1.81 bits per heavy atom. The maximum Gasteiger partial charge on any atom is 0.340 e. The predicted molar refractivity (Wildman–Crippen MR) is 89.9 cm³/mol. The van der Waals surface area contributed by atoms with E-state index >= 15 is 0 Å². The van der Waals surface area contributed by atoms with Crippen molar-refractivity contribution < 1.29 is 44.5 Å². The van der Waals surface area contributed by atoms with Gasteiger partial charge in [0.2, 0.25) is 0 Å². The Hall–Kier alpha value is -1.32. The van der Waals surface area contributed by atoms with E-state index < -0.39 is 67.0 Å². The molecule has 1 aliphatic heterocycles. The molecule has 0 spiro atoms. The number of rotatable bonds is 8. The molecule has 1 rings (SSSR count). The van der Waals surface area contributed by atoms with E-state index in [1.54, 1.807) is 13.8 Å². The Kier molecular flexibility index (Phi) is 8.56. The Balaban J connectivity index is 2.79. The zero-order chi connectivity index (χ0) is 20.9. The second-order valence-electron chi connectivity index (χ2n) is 6.83. The topological polar surface area (TPSA) is 170 Å². The van der Waals surface area contributed by atoms with Crippen LogP contribution in [0.15, 0.2) is 0 Å². The summed E-state index contributed by atoms with van der Waals surface area (Å²) >= 11 is 0. The Morgan fingerprint density at radius 1 is 1.22 bits per heavy atom. The first-order valence-corrected chi connectivity index (χ1v) is 8.81. The second kappa shape index (κ2) is 9.75. The number of nitrogens with zero attached hydrogens (tertiary/aromatic N) is 1. The highest BCUT2D eigenvalue weighted by Gasteiger charge is 2.47. The summed E-state index contributed by atoms with van der Waals surface area (Å²) < 4.78 is 15.8. The van der Waals surface area contributed by atoms with Gasteiger partial charge in [0.1, 0.15) is 31.0 Å². The standard InChI is InChI=1S/C17H29NO9/c1-5-17(24,10(4)19)16(23)25-7-11-12(20)13(21)14(22)15(27-11)26-9(3)8(2)6-18/h8-15,19-22,24H,5,7H2,1-4H3/t8-,9+,10-,11-,12-,13+,14-,15-,17+/m1/s1. The molecule has 0 radical (unpaired) electrons. The smallest absolute Gasteiger partial charge is 0.340 e. The van der Waals surface area contributed by atoms with Crippen LogP contribution in [0.1, 0.15) is 34.1 Å². The molecule has 27 heavy (non-hydrogen) atoms. The van der Waals surface area contributed by atoms with E-state index in [0.717, 1.165) is 0 Å². The molecule has 10 nitrogen and oxygen atoms in total. The van der Waals surface area contributed by atoms with Gasteiger partial charge in [0, 0.05) is 0 Å². The summed E-state index contributed by atoms with van der Waals surface area (Å²) in [7, 11) is 0. The third kappa shape index (κ3) is 5.36. The van der Waals surface area contributed by atoms with E-state index in [1.807, 2.05) is 6.07 Å². The van der Waals surface area contributed by atoms with Crippen LogP contribution in [0, 0.1) is 17.2 Å². The zero-order valence-corrected chi connectivity index (χ0v) is 15.8. The fourth-order valence-electron chi connectivity index (χ4n) is 2.49. The summed E-state index contributed by atoms with van der Waals surface area (Å²) in [5, 5.41) is 58.7. The van der Waals surface area contributed by atoms with Gasteiger partial charge in [-0.25, -0.2) is 4.79 Å². The minimum Gasteiger partial charge on any atom is -0.461 e. The van der Waals surface area contributed by atoms with Crippen molar-refractivity contribution in [2.24, 2.45) is 5.92 Å². The maximum absolute atomic E-state index is 12.1. The highest BCUT2D eigenvalue weighted by Crippen LogP contribution is 2.25. The van der Waals surface area contributed by atoms with Crippen LogP contribution in [-0.2, 0) is 19.0 Å². The van der Waals surface area contributed by atoms with Gasteiger partial charge in [0.15, 0.2) is 11.9 Å². The van der Waals surface area contributed by atoms with Crippen molar-refractivity contribution in [3.8, 4) is 6.07 Å². The molecule has 1 saturated heterocycles. The highest BCUT2D eigenvalue weighted by molar-refractivity contribution is 5.80. The molecule has 0 unspecified atom stereocenters. The van der Waals surface area contributed by atoms with Crippen LogP contribution in [-0.4, -0.2) is 86.6 Å². The van der Waals surface area contributed by atoms with Gasteiger partial charge in [-0.2, -0.15) is 5.26 Å². The van der Waals surface area contributed by atoms with Gasteiger partial charge >= 0.3 is 5.97 Å². The Bertz CT molecular complexity index is 537. The molecule has 5 N–H and O–H groups in total. The van der Waals surface area contributed by atoms with E-state index in [2.05, 4.69) is 0 Å². The van der Waals surface area contributed by atoms with Crippen LogP contribution in [0.2, 0.25) is 0 Å². The largest absolute Gasteiger partial charge is 0.461 e. The van der Waals surface area contributed by atoms with Crippen LogP contribution in [0.5, 0.6) is 0 Å². The molecule has 0 aromatic heterocycles. The first kappa shape index (κ1) is 23.7. The number of aliphatic hydroxyl groups is 5. The number of nitriles is 1. The molecule has 0 saturated carbocycles. The van der Waals surface area contributed by atoms with E-state index in [1.165, 1.54) is 13.8 Å². The molecule has 1 fully saturated rings. The first-order valence-electron chi connectivity index (χ1n) is 8.81. The van der Waals surface area contributed by atoms with E-state index in [4.69, 9.17) is 19.5 Å². The average Bonchev–Trinajstić information content (AvgIpc) is 2.65. The van der Waals surface area contributed by atoms with Gasteiger partial charge in [-0.3, -0.25) is 0 Å². The van der Waals surface area contributed by atoms with Crippen molar-refractivity contribution in [3.63, 3.8) is 0 Å². The van der Waals surface area contributed by atoms with E-state index in [0.29, 0.717) is 0 Å². The number of hydrogen-bond donors (Lipinski definition) is 5. The van der Waals surface area contributed by atoms with Gasteiger partial charge in [-0.05, 0) is 27.2 Å². The van der Waals surface area contributed by atoms with Crippen LogP contribution in [0.4, 0.5) is 0 Å². The Labute approximate surface area is 157 Å². The van der Waals surface area contributed by atoms with Gasteiger partial charge in [-0.1, -0.05) is 6.92 Å². The predicted octanol–water partition coefficient (Wildman–Crippen LogP) is -1.58. The van der Waals surface area contributed by atoms with Crippen molar-refractivity contribution in [1.29, 1.82) is 5.26 Å². The summed E-state index contributed by atoms with van der Waals surface area (Å²) in [6.07, 6.45) is -9.54. The summed E-state index contributed by atoms with van der Waals surface area (Å²) in [6.45, 7) is 5.35. The van der Waals surface area contributed by atoms with Crippen LogP contribution >= 0.6 is 0 Å². The van der Waals surface area contributed by atoms with Crippen molar-refractivity contribution in [3.05, 3.63) is 0 Å². The average molecular weight is 391 g/mol. The molecule has 1 aliphatic rings. The highest BCUT2D eigenvalue weighted by atomic mass is 16.7. The molecular formula is C17H29NO9. The molecule has 0 aromatic carbocycles. The zero-order valence-electron chi connectivity index (χ0n) is 15.8. The third-order valence-corrected chi connectivity index (χ3v) is 4.89. The van der Waals surface area contributed by atoms with Crippen molar-refractivity contribution in [2.75, 3.05) is 6.61 Å². The van der Waals surface area contributed by atoms with Gasteiger partial charge in [-0.15, -0.1) is 0 Å². The number of hydrogen-bond acceptors (Lipinski definition) is 10. The molecule has 9 atom stereocenters. The molecule has 156 valence electrons. The van der Waals surface area contributed by atoms with Crippen LogP contribution in [0.25, 0.3) is 0 Å². The molecular weight excluding hydrogens is 362 g/mol. The molecule has 0 aromatic rings. The van der Waals surface area contributed by atoms with E-state index in [9.17, 15) is 30.3 Å². The number of ether oxygens (including phenoxy) is 3. The lowest BCUT2D eigenvalue weighted by Gasteiger charge is -2.41. The number of carbonyl (C=O) groups is 1. The van der Waals surface area contributed by atoms with Gasteiger partial charge in [0.25, 0.3) is 0 Å². The summed E-state index contributed by atoms with van der Waals surface area (Å²) in [6, 6.07) is 1.98. The Morgan fingerprint density at radius 3 is 2.30 bits per heavy atom. The first-order chi connectivity index (χ1) is 12.5. The monoisotopic (exact) mass is 391 g/mol. The quantitative estimate of drug-likeness (QED) is 0.304. The SMILES string of the molecule is CC[C@@](O)(C(=O)OC[C@H]1O[C@@H](O[C@@H](C)[C@H](C)C#N)[C@H](O)[C@@H](O)[C@@H]1O)[C@@H](C)O. The summed E-state index contributed by atoms with van der Waals surface area (Å²) in [5.41, 5.74) is -2.12.